The molecule has 1 aromatic heterocycles. The number of hydrogen-bond acceptors (Lipinski definition) is 3. The number of carboxylic acids is 1. The third-order valence-corrected chi connectivity index (χ3v) is 3.38. The molecule has 0 saturated heterocycles. The lowest BCUT2D eigenvalue weighted by Gasteiger charge is -2.14. The van der Waals surface area contributed by atoms with Crippen LogP contribution in [0.2, 0.25) is 0 Å². The molecule has 0 aromatic carbocycles. The molecule has 0 saturated carbocycles. The summed E-state index contributed by atoms with van der Waals surface area (Å²) in [4.78, 5) is 11.9. The van der Waals surface area contributed by atoms with Gasteiger partial charge in [0, 0.05) is 4.88 Å². The molecular formula is C10H14O3S. The van der Waals surface area contributed by atoms with Gasteiger partial charge in [-0.1, -0.05) is 20.8 Å². The molecule has 1 aromatic rings. The number of carboxylic acid groups (broad SMARTS) is 1. The van der Waals surface area contributed by atoms with Gasteiger partial charge in [0.15, 0.2) is 5.06 Å². The number of hydrogen-bond donors (Lipinski definition) is 1. The van der Waals surface area contributed by atoms with Crippen LogP contribution in [0.25, 0.3) is 0 Å². The average Bonchev–Trinajstić information content (AvgIpc) is 2.45. The fourth-order valence-electron chi connectivity index (χ4n) is 1.04. The van der Waals surface area contributed by atoms with Crippen LogP contribution in [0.3, 0.4) is 0 Å². The van der Waals surface area contributed by atoms with Crippen molar-refractivity contribution in [2.75, 3.05) is 7.11 Å². The van der Waals surface area contributed by atoms with Gasteiger partial charge in [-0.05, 0) is 11.5 Å². The molecule has 0 aliphatic heterocycles. The Morgan fingerprint density at radius 3 is 2.36 bits per heavy atom. The highest BCUT2D eigenvalue weighted by atomic mass is 32.1. The summed E-state index contributed by atoms with van der Waals surface area (Å²) < 4.78 is 5.02. The summed E-state index contributed by atoms with van der Waals surface area (Å²) >= 11 is 1.39. The summed E-state index contributed by atoms with van der Waals surface area (Å²) in [5.41, 5.74) is 0.216. The summed E-state index contributed by atoms with van der Waals surface area (Å²) in [6.45, 7) is 6.14. The summed E-state index contributed by atoms with van der Waals surface area (Å²) in [6.07, 6.45) is 0. The van der Waals surface area contributed by atoms with E-state index < -0.39 is 5.97 Å². The molecule has 0 amide bonds. The zero-order valence-corrected chi connectivity index (χ0v) is 9.57. The molecule has 0 unspecified atom stereocenters. The van der Waals surface area contributed by atoms with E-state index in [1.54, 1.807) is 6.07 Å². The highest BCUT2D eigenvalue weighted by Crippen LogP contribution is 2.37. The van der Waals surface area contributed by atoms with Crippen LogP contribution in [-0.2, 0) is 5.41 Å². The van der Waals surface area contributed by atoms with E-state index in [4.69, 9.17) is 9.84 Å². The van der Waals surface area contributed by atoms with Crippen molar-refractivity contribution in [2.45, 2.75) is 26.2 Å². The number of ether oxygens (including phenoxy) is 1. The highest BCUT2D eigenvalue weighted by Gasteiger charge is 2.22. The highest BCUT2D eigenvalue weighted by molar-refractivity contribution is 7.14. The van der Waals surface area contributed by atoms with E-state index >= 15 is 0 Å². The van der Waals surface area contributed by atoms with Gasteiger partial charge in [0.1, 0.15) is 5.56 Å². The van der Waals surface area contributed by atoms with Gasteiger partial charge in [-0.25, -0.2) is 4.79 Å². The SMILES string of the molecule is COc1sc(C(C)(C)C)cc1C(=O)O. The molecular weight excluding hydrogens is 200 g/mol. The Hall–Kier alpha value is -1.03. The molecule has 0 radical (unpaired) electrons. The predicted octanol–water partition coefficient (Wildman–Crippen LogP) is 2.75. The third-order valence-electron chi connectivity index (χ3n) is 1.85. The van der Waals surface area contributed by atoms with Crippen molar-refractivity contribution in [3.63, 3.8) is 0 Å². The Bertz CT molecular complexity index is 347. The minimum Gasteiger partial charge on any atom is -0.487 e. The van der Waals surface area contributed by atoms with Crippen LogP contribution in [0.1, 0.15) is 36.0 Å². The third kappa shape index (κ3) is 2.07. The second-order valence-corrected chi connectivity index (χ2v) is 5.09. The van der Waals surface area contributed by atoms with Gasteiger partial charge in [-0.3, -0.25) is 0 Å². The first kappa shape index (κ1) is 11.0. The van der Waals surface area contributed by atoms with Crippen LogP contribution < -0.4 is 4.74 Å². The first-order valence-electron chi connectivity index (χ1n) is 4.28. The molecule has 0 fully saturated rings. The lowest BCUT2D eigenvalue weighted by atomic mass is 9.94. The molecule has 0 atom stereocenters. The molecule has 78 valence electrons. The summed E-state index contributed by atoms with van der Waals surface area (Å²) in [7, 11) is 1.49. The summed E-state index contributed by atoms with van der Waals surface area (Å²) in [5, 5.41) is 9.38. The smallest absolute Gasteiger partial charge is 0.340 e. The predicted molar refractivity (Wildman–Crippen MR) is 56.5 cm³/mol. The van der Waals surface area contributed by atoms with Gasteiger partial charge in [0.2, 0.25) is 0 Å². The van der Waals surface area contributed by atoms with E-state index in [1.807, 2.05) is 20.8 Å². The zero-order valence-electron chi connectivity index (χ0n) is 8.75. The topological polar surface area (TPSA) is 46.5 Å². The molecule has 3 nitrogen and oxygen atoms in total. The van der Waals surface area contributed by atoms with Crippen molar-refractivity contribution in [3.05, 3.63) is 16.5 Å². The Morgan fingerprint density at radius 1 is 1.50 bits per heavy atom. The van der Waals surface area contributed by atoms with Crippen molar-refractivity contribution in [2.24, 2.45) is 0 Å². The van der Waals surface area contributed by atoms with Crippen molar-refractivity contribution >= 4 is 17.3 Å². The standard InChI is InChI=1S/C10H14O3S/c1-10(2,3)7-5-6(8(11)12)9(13-4)14-7/h5H,1-4H3,(H,11,12). The molecule has 4 heteroatoms. The van der Waals surface area contributed by atoms with E-state index in [0.29, 0.717) is 5.06 Å². The van der Waals surface area contributed by atoms with Crippen molar-refractivity contribution < 1.29 is 14.6 Å². The van der Waals surface area contributed by atoms with Gasteiger partial charge < -0.3 is 9.84 Å². The maximum atomic E-state index is 10.8. The van der Waals surface area contributed by atoms with Gasteiger partial charge in [-0.15, -0.1) is 11.3 Å². The molecule has 14 heavy (non-hydrogen) atoms. The summed E-state index contributed by atoms with van der Waals surface area (Å²) in [5.74, 6) is -0.936. The van der Waals surface area contributed by atoms with Crippen LogP contribution in [-0.4, -0.2) is 18.2 Å². The minimum atomic E-state index is -0.936. The monoisotopic (exact) mass is 214 g/mol. The molecule has 0 aliphatic carbocycles. The normalized spacial score (nSPS) is 11.4. The number of methoxy groups -OCH3 is 1. The average molecular weight is 214 g/mol. The fourth-order valence-corrected chi connectivity index (χ4v) is 2.07. The Labute approximate surface area is 87.3 Å². The fraction of sp³-hybridized carbons (Fsp3) is 0.500. The van der Waals surface area contributed by atoms with Gasteiger partial charge >= 0.3 is 5.97 Å². The summed E-state index contributed by atoms with van der Waals surface area (Å²) in [6, 6.07) is 1.69. The molecule has 0 bridgehead atoms. The molecule has 1 N–H and O–H groups in total. The maximum absolute atomic E-state index is 10.8. The van der Waals surface area contributed by atoms with E-state index in [1.165, 1.54) is 18.4 Å². The number of thiophene rings is 1. The minimum absolute atomic E-state index is 0.0361. The van der Waals surface area contributed by atoms with E-state index in [2.05, 4.69) is 0 Å². The van der Waals surface area contributed by atoms with Gasteiger partial charge in [-0.2, -0.15) is 0 Å². The van der Waals surface area contributed by atoms with Crippen LogP contribution in [0.15, 0.2) is 6.07 Å². The van der Waals surface area contributed by atoms with Crippen LogP contribution in [0, 0.1) is 0 Å². The first-order chi connectivity index (χ1) is 6.36. The van der Waals surface area contributed by atoms with E-state index in [-0.39, 0.29) is 11.0 Å². The van der Waals surface area contributed by atoms with Crippen molar-refractivity contribution in [1.82, 2.24) is 0 Å². The van der Waals surface area contributed by atoms with Crippen LogP contribution in [0.5, 0.6) is 5.06 Å². The number of aromatic carboxylic acids is 1. The second kappa shape index (κ2) is 3.61. The Kier molecular flexibility index (Phi) is 2.85. The van der Waals surface area contributed by atoms with Crippen molar-refractivity contribution in [3.8, 4) is 5.06 Å². The largest absolute Gasteiger partial charge is 0.487 e. The molecule has 0 aliphatic rings. The zero-order chi connectivity index (χ0) is 10.9. The quantitative estimate of drug-likeness (QED) is 0.823. The van der Waals surface area contributed by atoms with Crippen LogP contribution >= 0.6 is 11.3 Å². The lowest BCUT2D eigenvalue weighted by Crippen LogP contribution is -2.08. The van der Waals surface area contributed by atoms with Gasteiger partial charge in [0.05, 0.1) is 7.11 Å². The Morgan fingerprint density at radius 2 is 2.07 bits per heavy atom. The molecule has 0 spiro atoms. The van der Waals surface area contributed by atoms with E-state index in [9.17, 15) is 4.79 Å². The Balaban J connectivity index is 3.20. The maximum Gasteiger partial charge on any atom is 0.340 e. The second-order valence-electron chi connectivity index (χ2n) is 4.07. The first-order valence-corrected chi connectivity index (χ1v) is 5.09. The number of carbonyl (C=O) groups is 1. The van der Waals surface area contributed by atoms with Gasteiger partial charge in [0.25, 0.3) is 0 Å². The lowest BCUT2D eigenvalue weighted by molar-refractivity contribution is 0.0694. The van der Waals surface area contributed by atoms with E-state index in [0.717, 1.165) is 4.88 Å². The van der Waals surface area contributed by atoms with Crippen molar-refractivity contribution in [1.29, 1.82) is 0 Å². The van der Waals surface area contributed by atoms with Crippen LogP contribution in [0.4, 0.5) is 0 Å². The molecule has 1 rings (SSSR count). The molecule has 1 heterocycles. The number of rotatable bonds is 2.